The number of amides is 1. The van der Waals surface area contributed by atoms with Gasteiger partial charge in [-0.05, 0) is 20.3 Å². The molecule has 0 heterocycles. The lowest BCUT2D eigenvalue weighted by Crippen LogP contribution is -2.36. The maximum absolute atomic E-state index is 11.2. The van der Waals surface area contributed by atoms with Gasteiger partial charge in [-0.3, -0.25) is 9.59 Å². The van der Waals surface area contributed by atoms with Gasteiger partial charge in [-0.1, -0.05) is 0 Å². The molecule has 0 saturated carbocycles. The van der Waals surface area contributed by atoms with E-state index in [0.29, 0.717) is 19.4 Å². The first-order valence-electron chi connectivity index (χ1n) is 5.16. The molecule has 3 N–H and O–H groups in total. The lowest BCUT2D eigenvalue weighted by Gasteiger charge is -2.20. The number of nitrogens with two attached hydrogens (primary N) is 1. The standard InChI is InChI=1S/C10H20N2O3/c1-4-12-10(14)6-5-9(7(2)11)15-8(3)13/h7,9H,4-6,11H2,1-3H3,(H,12,14). The predicted octanol–water partition coefficient (Wildman–Crippen LogP) is 0.182. The topological polar surface area (TPSA) is 81.4 Å². The Kier molecular flexibility index (Phi) is 6.70. The highest BCUT2D eigenvalue weighted by Crippen LogP contribution is 2.06. The van der Waals surface area contributed by atoms with E-state index in [2.05, 4.69) is 5.32 Å². The van der Waals surface area contributed by atoms with Crippen LogP contribution in [-0.4, -0.2) is 30.6 Å². The molecule has 0 aliphatic rings. The summed E-state index contributed by atoms with van der Waals surface area (Å²) in [6, 6.07) is -0.261. The van der Waals surface area contributed by atoms with Crippen LogP contribution in [0.2, 0.25) is 0 Å². The van der Waals surface area contributed by atoms with Crippen molar-refractivity contribution in [2.45, 2.75) is 45.8 Å². The van der Waals surface area contributed by atoms with Crippen LogP contribution < -0.4 is 11.1 Å². The minimum absolute atomic E-state index is 0.0460. The van der Waals surface area contributed by atoms with Crippen molar-refractivity contribution >= 4 is 11.9 Å². The van der Waals surface area contributed by atoms with Crippen LogP contribution in [0.4, 0.5) is 0 Å². The number of hydrogen-bond acceptors (Lipinski definition) is 4. The van der Waals surface area contributed by atoms with Gasteiger partial charge in [0, 0.05) is 25.9 Å². The van der Waals surface area contributed by atoms with E-state index in [0.717, 1.165) is 0 Å². The first kappa shape index (κ1) is 13.9. The van der Waals surface area contributed by atoms with Crippen molar-refractivity contribution in [1.82, 2.24) is 5.32 Å². The van der Waals surface area contributed by atoms with Crippen LogP contribution in [0.5, 0.6) is 0 Å². The molecule has 0 rings (SSSR count). The van der Waals surface area contributed by atoms with E-state index in [-0.39, 0.29) is 24.0 Å². The summed E-state index contributed by atoms with van der Waals surface area (Å²) in [5, 5.41) is 2.67. The molecule has 2 atom stereocenters. The van der Waals surface area contributed by atoms with Crippen LogP contribution in [0.3, 0.4) is 0 Å². The Labute approximate surface area is 90.4 Å². The molecular weight excluding hydrogens is 196 g/mol. The first-order valence-corrected chi connectivity index (χ1v) is 5.16. The maximum Gasteiger partial charge on any atom is 0.302 e. The van der Waals surface area contributed by atoms with E-state index in [1.165, 1.54) is 6.92 Å². The van der Waals surface area contributed by atoms with E-state index < -0.39 is 0 Å². The highest BCUT2D eigenvalue weighted by Gasteiger charge is 2.17. The highest BCUT2D eigenvalue weighted by molar-refractivity contribution is 5.75. The lowest BCUT2D eigenvalue weighted by atomic mass is 10.1. The summed E-state index contributed by atoms with van der Waals surface area (Å²) >= 11 is 0. The highest BCUT2D eigenvalue weighted by atomic mass is 16.5. The third-order valence-electron chi connectivity index (χ3n) is 1.93. The molecule has 1 amide bonds. The summed E-state index contributed by atoms with van der Waals surface area (Å²) in [4.78, 5) is 21.9. The molecule has 0 aromatic carbocycles. The second kappa shape index (κ2) is 7.23. The first-order chi connectivity index (χ1) is 6.97. The lowest BCUT2D eigenvalue weighted by molar-refractivity contribution is -0.148. The molecule has 88 valence electrons. The fourth-order valence-electron chi connectivity index (χ4n) is 1.20. The Morgan fingerprint density at radius 3 is 2.47 bits per heavy atom. The Hall–Kier alpha value is -1.10. The largest absolute Gasteiger partial charge is 0.461 e. The van der Waals surface area contributed by atoms with Crippen molar-refractivity contribution in [3.05, 3.63) is 0 Å². The van der Waals surface area contributed by atoms with Gasteiger partial charge in [0.15, 0.2) is 0 Å². The van der Waals surface area contributed by atoms with Crippen LogP contribution >= 0.6 is 0 Å². The van der Waals surface area contributed by atoms with E-state index in [1.807, 2.05) is 6.92 Å². The molecule has 2 unspecified atom stereocenters. The van der Waals surface area contributed by atoms with Gasteiger partial charge in [-0.15, -0.1) is 0 Å². The summed E-state index contributed by atoms with van der Waals surface area (Å²) in [5.41, 5.74) is 5.64. The normalized spacial score (nSPS) is 14.1. The zero-order valence-electron chi connectivity index (χ0n) is 9.58. The molecule has 0 saturated heterocycles. The predicted molar refractivity (Wildman–Crippen MR) is 57.1 cm³/mol. The second-order valence-electron chi connectivity index (χ2n) is 3.50. The zero-order chi connectivity index (χ0) is 11.8. The van der Waals surface area contributed by atoms with Gasteiger partial charge in [-0.25, -0.2) is 0 Å². The quantitative estimate of drug-likeness (QED) is 0.621. The molecule has 15 heavy (non-hydrogen) atoms. The van der Waals surface area contributed by atoms with Crippen molar-refractivity contribution in [3.8, 4) is 0 Å². The van der Waals surface area contributed by atoms with Gasteiger partial charge >= 0.3 is 5.97 Å². The summed E-state index contributed by atoms with van der Waals surface area (Å²) in [7, 11) is 0. The van der Waals surface area contributed by atoms with E-state index >= 15 is 0 Å². The molecule has 0 aliphatic carbocycles. The molecule has 5 heteroatoms. The van der Waals surface area contributed by atoms with Crippen LogP contribution in [-0.2, 0) is 14.3 Å². The Morgan fingerprint density at radius 2 is 2.07 bits per heavy atom. The van der Waals surface area contributed by atoms with Crippen molar-refractivity contribution in [2.24, 2.45) is 5.73 Å². The van der Waals surface area contributed by atoms with Gasteiger partial charge in [0.25, 0.3) is 0 Å². The SMILES string of the molecule is CCNC(=O)CCC(OC(C)=O)C(C)N. The van der Waals surface area contributed by atoms with Gasteiger partial charge in [-0.2, -0.15) is 0 Å². The van der Waals surface area contributed by atoms with Crippen LogP contribution in [0.1, 0.15) is 33.6 Å². The molecule has 5 nitrogen and oxygen atoms in total. The average Bonchev–Trinajstić information content (AvgIpc) is 2.11. The summed E-state index contributed by atoms with van der Waals surface area (Å²) in [6.07, 6.45) is 0.404. The molecule has 0 aromatic rings. The fraction of sp³-hybridized carbons (Fsp3) is 0.800. The second-order valence-corrected chi connectivity index (χ2v) is 3.50. The minimum Gasteiger partial charge on any atom is -0.461 e. The Bertz CT molecular complexity index is 217. The van der Waals surface area contributed by atoms with E-state index in [9.17, 15) is 9.59 Å². The number of carbonyl (C=O) groups is 2. The Balaban J connectivity index is 3.96. The molecule has 0 fully saturated rings. The summed E-state index contributed by atoms with van der Waals surface area (Å²) in [6.45, 7) is 5.55. The number of nitrogens with one attached hydrogen (secondary N) is 1. The van der Waals surface area contributed by atoms with Gasteiger partial charge in [0.05, 0.1) is 0 Å². The van der Waals surface area contributed by atoms with Crippen LogP contribution in [0.25, 0.3) is 0 Å². The number of carbonyl (C=O) groups excluding carboxylic acids is 2. The van der Waals surface area contributed by atoms with Crippen molar-refractivity contribution < 1.29 is 14.3 Å². The molecule has 0 aromatic heterocycles. The van der Waals surface area contributed by atoms with Crippen molar-refractivity contribution in [3.63, 3.8) is 0 Å². The molecule has 0 aliphatic heterocycles. The Morgan fingerprint density at radius 1 is 1.47 bits per heavy atom. The number of ether oxygens (including phenoxy) is 1. The van der Waals surface area contributed by atoms with Crippen LogP contribution in [0.15, 0.2) is 0 Å². The van der Waals surface area contributed by atoms with Gasteiger partial charge in [0.1, 0.15) is 6.10 Å². The third kappa shape index (κ3) is 6.90. The van der Waals surface area contributed by atoms with Gasteiger partial charge in [0.2, 0.25) is 5.91 Å². The smallest absolute Gasteiger partial charge is 0.302 e. The van der Waals surface area contributed by atoms with Crippen molar-refractivity contribution in [2.75, 3.05) is 6.54 Å². The number of rotatable bonds is 6. The molecular formula is C10H20N2O3. The maximum atomic E-state index is 11.2. The number of esters is 1. The zero-order valence-corrected chi connectivity index (χ0v) is 9.58. The minimum atomic E-state index is -0.384. The van der Waals surface area contributed by atoms with E-state index in [1.54, 1.807) is 6.92 Å². The summed E-state index contributed by atoms with van der Waals surface area (Å²) in [5.74, 6) is -0.413. The third-order valence-corrected chi connectivity index (χ3v) is 1.93. The molecule has 0 radical (unpaired) electrons. The van der Waals surface area contributed by atoms with Gasteiger partial charge < -0.3 is 15.8 Å². The summed E-state index contributed by atoms with van der Waals surface area (Å²) < 4.78 is 5.00. The molecule has 0 bridgehead atoms. The van der Waals surface area contributed by atoms with Crippen molar-refractivity contribution in [1.29, 1.82) is 0 Å². The number of hydrogen-bond donors (Lipinski definition) is 2. The average molecular weight is 216 g/mol. The fourth-order valence-corrected chi connectivity index (χ4v) is 1.20. The van der Waals surface area contributed by atoms with E-state index in [4.69, 9.17) is 10.5 Å². The monoisotopic (exact) mass is 216 g/mol. The van der Waals surface area contributed by atoms with Crippen LogP contribution in [0, 0.1) is 0 Å². The molecule has 0 spiro atoms.